The van der Waals surface area contributed by atoms with Crippen LogP contribution in [0.25, 0.3) is 6.08 Å². The van der Waals surface area contributed by atoms with Gasteiger partial charge in [0.15, 0.2) is 6.61 Å². The van der Waals surface area contributed by atoms with E-state index in [9.17, 15) is 14.0 Å². The molecule has 2 rings (SSSR count). The van der Waals surface area contributed by atoms with Crippen molar-refractivity contribution in [3.63, 3.8) is 0 Å². The van der Waals surface area contributed by atoms with Gasteiger partial charge in [0.2, 0.25) is 0 Å². The molecule has 5 nitrogen and oxygen atoms in total. The quantitative estimate of drug-likeness (QED) is 0.448. The summed E-state index contributed by atoms with van der Waals surface area (Å²) in [5, 5.41) is 2.60. The lowest BCUT2D eigenvalue weighted by molar-refractivity contribution is -0.143. The second kappa shape index (κ2) is 9.98. The highest BCUT2D eigenvalue weighted by Gasteiger charge is 2.04. The van der Waals surface area contributed by atoms with Gasteiger partial charge in [-0.25, -0.2) is 9.18 Å². The van der Waals surface area contributed by atoms with Crippen LogP contribution in [0.4, 0.5) is 4.39 Å². The Kier molecular flexibility index (Phi) is 7.36. The number of benzene rings is 2. The number of nitrogens with one attached hydrogen (secondary N) is 1. The predicted molar refractivity (Wildman–Crippen MR) is 96.1 cm³/mol. The molecule has 2 aromatic carbocycles. The molecule has 0 aliphatic heterocycles. The second-order valence-electron chi connectivity index (χ2n) is 5.51. The normalized spacial score (nSPS) is 10.5. The zero-order valence-corrected chi connectivity index (χ0v) is 14.4. The van der Waals surface area contributed by atoms with Gasteiger partial charge in [0.25, 0.3) is 5.91 Å². The van der Waals surface area contributed by atoms with E-state index in [1.54, 1.807) is 0 Å². The Morgan fingerprint density at radius 1 is 1.15 bits per heavy atom. The monoisotopic (exact) mass is 357 g/mol. The average Bonchev–Trinajstić information content (AvgIpc) is 2.63. The molecule has 0 saturated carbocycles. The van der Waals surface area contributed by atoms with Crippen LogP contribution in [0.3, 0.4) is 0 Å². The maximum atomic E-state index is 12.8. The van der Waals surface area contributed by atoms with Gasteiger partial charge in [-0.1, -0.05) is 24.3 Å². The minimum atomic E-state index is -0.652. The Morgan fingerprint density at radius 2 is 1.92 bits per heavy atom. The van der Waals surface area contributed by atoms with Gasteiger partial charge in [0.1, 0.15) is 18.2 Å². The number of ether oxygens (including phenoxy) is 2. The zero-order chi connectivity index (χ0) is 18.8. The van der Waals surface area contributed by atoms with Crippen LogP contribution in [0, 0.1) is 12.7 Å². The first-order chi connectivity index (χ1) is 12.5. The molecule has 0 fully saturated rings. The van der Waals surface area contributed by atoms with E-state index in [2.05, 4.69) is 5.32 Å². The van der Waals surface area contributed by atoms with E-state index < -0.39 is 11.9 Å². The van der Waals surface area contributed by atoms with Gasteiger partial charge in [-0.3, -0.25) is 4.79 Å². The molecule has 26 heavy (non-hydrogen) atoms. The van der Waals surface area contributed by atoms with E-state index in [1.807, 2.05) is 31.2 Å². The summed E-state index contributed by atoms with van der Waals surface area (Å²) in [6, 6.07) is 13.2. The summed E-state index contributed by atoms with van der Waals surface area (Å²) in [5.74, 6) is -0.689. The van der Waals surface area contributed by atoms with Gasteiger partial charge in [-0.2, -0.15) is 0 Å². The third kappa shape index (κ3) is 7.17. The second-order valence-corrected chi connectivity index (χ2v) is 5.51. The first-order valence-electron chi connectivity index (χ1n) is 8.09. The summed E-state index contributed by atoms with van der Waals surface area (Å²) in [5.41, 5.74) is 1.74. The van der Waals surface area contributed by atoms with Crippen molar-refractivity contribution in [1.29, 1.82) is 0 Å². The Balaban J connectivity index is 1.62. The van der Waals surface area contributed by atoms with Crippen molar-refractivity contribution < 1.29 is 23.5 Å². The standard InChI is InChI=1S/C20H20FNO4/c1-15-3-2-4-18(13-15)25-12-11-22-19(23)14-26-20(24)10-7-16-5-8-17(21)9-6-16/h2-10,13H,11-12,14H2,1H3,(H,22,23)/b10-7+. The lowest BCUT2D eigenvalue weighted by Gasteiger charge is -2.08. The first-order valence-corrected chi connectivity index (χ1v) is 8.09. The van der Waals surface area contributed by atoms with Gasteiger partial charge in [-0.05, 0) is 48.4 Å². The fourth-order valence-electron chi connectivity index (χ4n) is 2.04. The molecular weight excluding hydrogens is 337 g/mol. The number of carbonyl (C=O) groups excluding carboxylic acids is 2. The fraction of sp³-hybridized carbons (Fsp3) is 0.200. The van der Waals surface area contributed by atoms with E-state index in [4.69, 9.17) is 9.47 Å². The van der Waals surface area contributed by atoms with Crippen LogP contribution in [0.1, 0.15) is 11.1 Å². The molecule has 1 N–H and O–H groups in total. The summed E-state index contributed by atoms with van der Waals surface area (Å²) in [6.45, 7) is 2.20. The third-order valence-electron chi connectivity index (χ3n) is 3.31. The number of rotatable bonds is 8. The van der Waals surface area contributed by atoms with E-state index in [1.165, 1.54) is 36.4 Å². The summed E-state index contributed by atoms with van der Waals surface area (Å²) in [6.07, 6.45) is 2.66. The summed E-state index contributed by atoms with van der Waals surface area (Å²) in [4.78, 5) is 23.2. The molecule has 0 aliphatic carbocycles. The predicted octanol–water partition coefficient (Wildman–Crippen LogP) is 2.89. The maximum Gasteiger partial charge on any atom is 0.331 e. The van der Waals surface area contributed by atoms with E-state index >= 15 is 0 Å². The lowest BCUT2D eigenvalue weighted by atomic mass is 10.2. The fourth-order valence-corrected chi connectivity index (χ4v) is 2.04. The van der Waals surface area contributed by atoms with Crippen molar-refractivity contribution in [2.45, 2.75) is 6.92 Å². The number of hydrogen-bond acceptors (Lipinski definition) is 4. The largest absolute Gasteiger partial charge is 0.492 e. The van der Waals surface area contributed by atoms with Crippen molar-refractivity contribution in [3.8, 4) is 5.75 Å². The Labute approximate surface area is 151 Å². The SMILES string of the molecule is Cc1cccc(OCCNC(=O)COC(=O)/C=C/c2ccc(F)cc2)c1. The van der Waals surface area contributed by atoms with Gasteiger partial charge in [0.05, 0.1) is 6.54 Å². The molecule has 2 aromatic rings. The van der Waals surface area contributed by atoms with Crippen LogP contribution in [-0.4, -0.2) is 31.6 Å². The lowest BCUT2D eigenvalue weighted by Crippen LogP contribution is -2.31. The van der Waals surface area contributed by atoms with Crippen molar-refractivity contribution >= 4 is 18.0 Å². The van der Waals surface area contributed by atoms with Crippen molar-refractivity contribution in [1.82, 2.24) is 5.32 Å². The molecule has 0 heterocycles. The zero-order valence-electron chi connectivity index (χ0n) is 14.4. The highest BCUT2D eigenvalue weighted by Crippen LogP contribution is 2.11. The van der Waals surface area contributed by atoms with Crippen LogP contribution in [0.15, 0.2) is 54.6 Å². The van der Waals surface area contributed by atoms with Gasteiger partial charge >= 0.3 is 5.97 Å². The molecule has 0 unspecified atom stereocenters. The third-order valence-corrected chi connectivity index (χ3v) is 3.31. The Bertz CT molecular complexity index is 772. The number of amides is 1. The van der Waals surface area contributed by atoms with E-state index in [0.29, 0.717) is 18.7 Å². The van der Waals surface area contributed by atoms with Crippen LogP contribution < -0.4 is 10.1 Å². The molecule has 0 saturated heterocycles. The number of esters is 1. The van der Waals surface area contributed by atoms with Crippen molar-refractivity contribution in [2.75, 3.05) is 19.8 Å². The first kappa shape index (κ1) is 19.2. The molecule has 136 valence electrons. The molecule has 0 aliphatic rings. The molecule has 0 bridgehead atoms. The number of aryl methyl sites for hydroxylation is 1. The molecule has 0 radical (unpaired) electrons. The highest BCUT2D eigenvalue weighted by molar-refractivity contribution is 5.89. The number of carbonyl (C=O) groups is 2. The van der Waals surface area contributed by atoms with Gasteiger partial charge in [0, 0.05) is 6.08 Å². The van der Waals surface area contributed by atoms with Gasteiger partial charge < -0.3 is 14.8 Å². The molecular formula is C20H20FNO4. The minimum absolute atomic E-state index is 0.301. The van der Waals surface area contributed by atoms with Crippen LogP contribution in [-0.2, 0) is 14.3 Å². The highest BCUT2D eigenvalue weighted by atomic mass is 19.1. The number of hydrogen-bond donors (Lipinski definition) is 1. The van der Waals surface area contributed by atoms with Crippen LogP contribution in [0.5, 0.6) is 5.75 Å². The molecule has 0 atom stereocenters. The van der Waals surface area contributed by atoms with Crippen LogP contribution >= 0.6 is 0 Å². The minimum Gasteiger partial charge on any atom is -0.492 e. The molecule has 6 heteroatoms. The molecule has 1 amide bonds. The number of halogens is 1. The van der Waals surface area contributed by atoms with E-state index in [-0.39, 0.29) is 12.4 Å². The van der Waals surface area contributed by atoms with Crippen molar-refractivity contribution in [3.05, 3.63) is 71.6 Å². The Morgan fingerprint density at radius 3 is 2.65 bits per heavy atom. The van der Waals surface area contributed by atoms with Gasteiger partial charge in [-0.15, -0.1) is 0 Å². The Hall–Kier alpha value is -3.15. The summed E-state index contributed by atoms with van der Waals surface area (Å²) in [7, 11) is 0. The molecule has 0 aromatic heterocycles. The summed E-state index contributed by atoms with van der Waals surface area (Å²) < 4.78 is 23.1. The summed E-state index contributed by atoms with van der Waals surface area (Å²) >= 11 is 0. The van der Waals surface area contributed by atoms with E-state index in [0.717, 1.165) is 11.3 Å². The topological polar surface area (TPSA) is 64.6 Å². The van der Waals surface area contributed by atoms with Crippen molar-refractivity contribution in [2.24, 2.45) is 0 Å². The smallest absolute Gasteiger partial charge is 0.331 e. The average molecular weight is 357 g/mol. The molecule has 0 spiro atoms. The maximum absolute atomic E-state index is 12.8. The van der Waals surface area contributed by atoms with Crippen LogP contribution in [0.2, 0.25) is 0 Å².